The Morgan fingerprint density at radius 1 is 0.291 bits per heavy atom. The molecule has 0 amide bonds. The number of hydrogen-bond donors (Lipinski definition) is 0. The Morgan fingerprint density at radius 3 is 1.65 bits per heavy atom. The van der Waals surface area contributed by atoms with E-state index in [9.17, 15) is 0 Å². The van der Waals surface area contributed by atoms with Crippen LogP contribution in [-0.2, 0) is 0 Å². The molecular weight excluding hydrogens is 685 g/mol. The molecule has 0 fully saturated rings. The Kier molecular flexibility index (Phi) is 7.39. The summed E-state index contributed by atoms with van der Waals surface area (Å²) in [6.45, 7) is 0. The zero-order chi connectivity index (χ0) is 36.3. The van der Waals surface area contributed by atoms with E-state index in [-0.39, 0.29) is 0 Å². The molecule has 11 aromatic rings. The zero-order valence-corrected chi connectivity index (χ0v) is 30.6. The van der Waals surface area contributed by atoms with Crippen molar-refractivity contribution in [3.05, 3.63) is 194 Å². The van der Waals surface area contributed by atoms with Gasteiger partial charge < -0.3 is 0 Å². The number of thiophene rings is 1. The van der Waals surface area contributed by atoms with Crippen LogP contribution in [0, 0.1) is 0 Å². The molecule has 9 aromatic carbocycles. The molecule has 0 unspecified atom stereocenters. The van der Waals surface area contributed by atoms with Gasteiger partial charge in [-0.05, 0) is 84.9 Å². The molecule has 0 saturated carbocycles. The first kappa shape index (κ1) is 31.6. The van der Waals surface area contributed by atoms with E-state index in [1.54, 1.807) is 0 Å². The fourth-order valence-corrected chi connectivity index (χ4v) is 9.39. The minimum absolute atomic E-state index is 0.716. The summed E-state index contributed by atoms with van der Waals surface area (Å²) >= 11 is 1.87. The Morgan fingerprint density at radius 2 is 0.836 bits per heavy atom. The van der Waals surface area contributed by atoms with Crippen molar-refractivity contribution >= 4 is 63.8 Å². The van der Waals surface area contributed by atoms with Crippen molar-refractivity contribution in [1.82, 2.24) is 9.97 Å². The van der Waals surface area contributed by atoms with Crippen LogP contribution < -0.4 is 0 Å². The van der Waals surface area contributed by atoms with E-state index in [4.69, 9.17) is 9.97 Å². The van der Waals surface area contributed by atoms with Crippen LogP contribution in [0.25, 0.3) is 109 Å². The molecule has 3 heteroatoms. The molecule has 0 atom stereocenters. The van der Waals surface area contributed by atoms with E-state index in [1.807, 2.05) is 35.6 Å². The quantitative estimate of drug-likeness (QED) is 0.166. The van der Waals surface area contributed by atoms with Crippen molar-refractivity contribution in [3.63, 3.8) is 0 Å². The molecular formula is C52H32N2S. The lowest BCUT2D eigenvalue weighted by Crippen LogP contribution is -1.96. The van der Waals surface area contributed by atoms with Gasteiger partial charge in [-0.3, -0.25) is 0 Å². The van der Waals surface area contributed by atoms with E-state index >= 15 is 0 Å². The largest absolute Gasteiger partial charge is 0.228 e. The molecule has 55 heavy (non-hydrogen) atoms. The average molecular weight is 717 g/mol. The first-order valence-corrected chi connectivity index (χ1v) is 19.5. The first-order valence-electron chi connectivity index (χ1n) is 18.6. The maximum absolute atomic E-state index is 5.12. The van der Waals surface area contributed by atoms with Crippen LogP contribution in [0.1, 0.15) is 0 Å². The van der Waals surface area contributed by atoms with Crippen molar-refractivity contribution in [2.24, 2.45) is 0 Å². The van der Waals surface area contributed by atoms with Gasteiger partial charge >= 0.3 is 0 Å². The van der Waals surface area contributed by atoms with Gasteiger partial charge in [-0.15, -0.1) is 11.3 Å². The van der Waals surface area contributed by atoms with Crippen LogP contribution >= 0.6 is 11.3 Å². The SMILES string of the molecule is c1ccc(-c2cc(-c3cccc(-c4ccc5c(c4)c4ccccc4c4cccc(-c6ccc7c(c6)sc6ccccc67)c45)c3)nc(-c3ccccc3)n2)cc1. The first-order chi connectivity index (χ1) is 27.2. The van der Waals surface area contributed by atoms with Crippen LogP contribution in [0.4, 0.5) is 0 Å². The van der Waals surface area contributed by atoms with Gasteiger partial charge in [-0.1, -0.05) is 164 Å². The van der Waals surface area contributed by atoms with Crippen LogP contribution in [0.3, 0.4) is 0 Å². The topological polar surface area (TPSA) is 25.8 Å². The van der Waals surface area contributed by atoms with E-state index in [0.717, 1.165) is 33.6 Å². The Hall–Kier alpha value is -6.94. The highest BCUT2D eigenvalue weighted by molar-refractivity contribution is 7.25. The lowest BCUT2D eigenvalue weighted by atomic mass is 9.88. The van der Waals surface area contributed by atoms with Crippen molar-refractivity contribution < 1.29 is 0 Å². The van der Waals surface area contributed by atoms with Crippen molar-refractivity contribution in [2.45, 2.75) is 0 Å². The van der Waals surface area contributed by atoms with E-state index in [2.05, 4.69) is 170 Å². The molecule has 2 aromatic heterocycles. The third-order valence-corrected chi connectivity index (χ3v) is 12.0. The third-order valence-electron chi connectivity index (χ3n) is 10.9. The highest BCUT2D eigenvalue weighted by Crippen LogP contribution is 2.43. The maximum Gasteiger partial charge on any atom is 0.160 e. The number of hydrogen-bond acceptors (Lipinski definition) is 3. The van der Waals surface area contributed by atoms with Crippen LogP contribution in [0.5, 0.6) is 0 Å². The molecule has 0 aliphatic rings. The summed E-state index contributed by atoms with van der Waals surface area (Å²) in [6.07, 6.45) is 0. The van der Waals surface area contributed by atoms with E-state index in [1.165, 1.54) is 69.2 Å². The van der Waals surface area contributed by atoms with Crippen LogP contribution in [0.15, 0.2) is 194 Å². The maximum atomic E-state index is 5.12. The summed E-state index contributed by atoms with van der Waals surface area (Å²) < 4.78 is 2.65. The smallest absolute Gasteiger partial charge is 0.160 e. The van der Waals surface area contributed by atoms with Gasteiger partial charge in [0.05, 0.1) is 11.4 Å². The van der Waals surface area contributed by atoms with Gasteiger partial charge in [0.15, 0.2) is 5.82 Å². The fraction of sp³-hybridized carbons (Fsp3) is 0. The van der Waals surface area contributed by atoms with Gasteiger partial charge in [0.25, 0.3) is 0 Å². The van der Waals surface area contributed by atoms with E-state index < -0.39 is 0 Å². The number of benzene rings is 9. The summed E-state index contributed by atoms with van der Waals surface area (Å²) in [5.74, 6) is 0.716. The standard InChI is InChI=1S/C52H32N2S/c1-3-13-33(14-4-1)47-32-48(54-52(53-47)34-15-5-2-6-16-34)38-18-11-17-35(29-38)36-25-28-45-46(30-36)41-20-8-7-19-40(41)44-23-12-22-39(51(44)45)37-26-27-43-42-21-9-10-24-49(42)55-50(43)31-37/h1-32H. The molecule has 2 nitrogen and oxygen atoms in total. The summed E-state index contributed by atoms with van der Waals surface area (Å²) in [5.41, 5.74) is 9.73. The fourth-order valence-electron chi connectivity index (χ4n) is 8.24. The highest BCUT2D eigenvalue weighted by Gasteiger charge is 2.16. The lowest BCUT2D eigenvalue weighted by Gasteiger charge is -2.16. The minimum atomic E-state index is 0.716. The zero-order valence-electron chi connectivity index (χ0n) is 29.8. The number of nitrogens with zero attached hydrogens (tertiary/aromatic N) is 2. The van der Waals surface area contributed by atoms with Gasteiger partial charge in [-0.25, -0.2) is 9.97 Å². The summed E-state index contributed by atoms with van der Waals surface area (Å²) in [6, 6.07) is 69.8. The highest BCUT2D eigenvalue weighted by atomic mass is 32.1. The van der Waals surface area contributed by atoms with Crippen LogP contribution in [0.2, 0.25) is 0 Å². The van der Waals surface area contributed by atoms with Gasteiger partial charge in [-0.2, -0.15) is 0 Å². The average Bonchev–Trinajstić information content (AvgIpc) is 3.64. The molecule has 0 N–H and O–H groups in total. The van der Waals surface area contributed by atoms with Crippen molar-refractivity contribution in [2.75, 3.05) is 0 Å². The number of rotatable bonds is 5. The number of fused-ring (bicyclic) bond motifs is 9. The Balaban J connectivity index is 1.08. The third kappa shape index (κ3) is 5.40. The van der Waals surface area contributed by atoms with E-state index in [0.29, 0.717) is 5.82 Å². The summed E-state index contributed by atoms with van der Waals surface area (Å²) in [7, 11) is 0. The van der Waals surface area contributed by atoms with Crippen molar-refractivity contribution in [1.29, 1.82) is 0 Å². The molecule has 2 heterocycles. The van der Waals surface area contributed by atoms with Crippen molar-refractivity contribution in [3.8, 4) is 56.2 Å². The predicted molar refractivity (Wildman–Crippen MR) is 235 cm³/mol. The second-order valence-corrected chi connectivity index (χ2v) is 15.2. The van der Waals surface area contributed by atoms with Gasteiger partial charge in [0.2, 0.25) is 0 Å². The monoisotopic (exact) mass is 716 g/mol. The lowest BCUT2D eigenvalue weighted by molar-refractivity contribution is 1.18. The van der Waals surface area contributed by atoms with Crippen LogP contribution in [-0.4, -0.2) is 9.97 Å². The second kappa shape index (κ2) is 12.9. The molecule has 0 bridgehead atoms. The molecule has 0 saturated heterocycles. The summed E-state index contributed by atoms with van der Waals surface area (Å²) in [5, 5.41) is 10.3. The summed E-state index contributed by atoms with van der Waals surface area (Å²) in [4.78, 5) is 10.1. The Bertz CT molecular complexity index is 3200. The molecule has 0 spiro atoms. The predicted octanol–water partition coefficient (Wildman–Crippen LogP) is 14.6. The molecule has 0 aliphatic heterocycles. The minimum Gasteiger partial charge on any atom is -0.228 e. The number of aromatic nitrogens is 2. The second-order valence-electron chi connectivity index (χ2n) is 14.1. The Labute approximate surface area is 322 Å². The normalized spacial score (nSPS) is 11.6. The van der Waals surface area contributed by atoms with Gasteiger partial charge in [0, 0.05) is 36.9 Å². The van der Waals surface area contributed by atoms with Gasteiger partial charge in [0.1, 0.15) is 0 Å². The molecule has 0 aliphatic carbocycles. The molecule has 11 rings (SSSR count). The molecule has 256 valence electrons. The molecule has 0 radical (unpaired) electrons.